The highest BCUT2D eigenvalue weighted by molar-refractivity contribution is 6.32. The summed E-state index contributed by atoms with van der Waals surface area (Å²) in [4.78, 5) is 11.8. The topological polar surface area (TPSA) is 72.9 Å². The van der Waals surface area contributed by atoms with Crippen LogP contribution in [-0.4, -0.2) is 32.8 Å². The average Bonchev–Trinajstić information content (AvgIpc) is 3.37. The summed E-state index contributed by atoms with van der Waals surface area (Å²) in [6.07, 6.45) is 2.27. The lowest BCUT2D eigenvalue weighted by molar-refractivity contribution is 0.883. The highest BCUT2D eigenvalue weighted by Gasteiger charge is 2.23. The molecule has 146 valence electrons. The third kappa shape index (κ3) is 3.18. The minimum atomic E-state index is 0.450. The molecule has 4 aromatic rings. The molecule has 0 amide bonds. The normalized spacial score (nSPS) is 14.1. The van der Waals surface area contributed by atoms with Gasteiger partial charge in [0.15, 0.2) is 5.65 Å². The van der Waals surface area contributed by atoms with E-state index < -0.39 is 0 Å². The van der Waals surface area contributed by atoms with Gasteiger partial charge in [-0.25, -0.2) is 9.67 Å². The second-order valence-corrected chi connectivity index (χ2v) is 7.86. The monoisotopic (exact) mass is 424 g/mol. The Hall–Kier alpha value is -2.83. The summed E-state index contributed by atoms with van der Waals surface area (Å²) in [5, 5.41) is 6.61. The van der Waals surface area contributed by atoms with Gasteiger partial charge in [0.2, 0.25) is 5.95 Å². The van der Waals surface area contributed by atoms with Crippen molar-refractivity contribution in [1.82, 2.24) is 19.7 Å². The van der Waals surface area contributed by atoms with Gasteiger partial charge in [-0.1, -0.05) is 47.5 Å². The third-order valence-electron chi connectivity index (χ3n) is 5.14. The minimum absolute atomic E-state index is 0.450. The predicted molar refractivity (Wildman–Crippen MR) is 118 cm³/mol. The molecule has 0 unspecified atom stereocenters. The van der Waals surface area contributed by atoms with Gasteiger partial charge in [-0.15, -0.1) is 5.10 Å². The van der Waals surface area contributed by atoms with Crippen molar-refractivity contribution in [3.8, 4) is 16.9 Å². The van der Waals surface area contributed by atoms with Crippen LogP contribution in [0.5, 0.6) is 0 Å². The zero-order valence-corrected chi connectivity index (χ0v) is 17.0. The van der Waals surface area contributed by atoms with E-state index in [9.17, 15) is 0 Å². The average molecular weight is 425 g/mol. The number of fused-ring (bicyclic) bond motifs is 1. The Morgan fingerprint density at radius 2 is 1.62 bits per heavy atom. The maximum absolute atomic E-state index is 6.53. The Morgan fingerprint density at radius 3 is 2.34 bits per heavy atom. The quantitative estimate of drug-likeness (QED) is 0.502. The molecule has 5 rings (SSSR count). The van der Waals surface area contributed by atoms with E-state index in [-0.39, 0.29) is 0 Å². The minimum Gasteiger partial charge on any atom is -0.383 e. The fraction of sp³-hybridized carbons (Fsp3) is 0.190. The predicted octanol–water partition coefficient (Wildman–Crippen LogP) is 4.97. The maximum Gasteiger partial charge on any atom is 0.228 e. The van der Waals surface area contributed by atoms with Gasteiger partial charge < -0.3 is 10.6 Å². The number of aromatic nitrogens is 4. The fourth-order valence-electron chi connectivity index (χ4n) is 3.68. The molecule has 0 atom stereocenters. The highest BCUT2D eigenvalue weighted by atomic mass is 35.5. The van der Waals surface area contributed by atoms with Crippen LogP contribution in [0.3, 0.4) is 0 Å². The van der Waals surface area contributed by atoms with Crippen LogP contribution in [0.25, 0.3) is 28.0 Å². The number of rotatable bonds is 3. The number of hydrogen-bond acceptors (Lipinski definition) is 5. The number of para-hydroxylation sites is 1. The lowest BCUT2D eigenvalue weighted by atomic mass is 10.1. The van der Waals surface area contributed by atoms with Crippen LogP contribution in [0.2, 0.25) is 10.0 Å². The van der Waals surface area contributed by atoms with Crippen molar-refractivity contribution in [1.29, 1.82) is 0 Å². The molecule has 0 bridgehead atoms. The van der Waals surface area contributed by atoms with Crippen molar-refractivity contribution in [3.05, 3.63) is 58.6 Å². The molecule has 0 spiro atoms. The third-order valence-corrected chi connectivity index (χ3v) is 5.72. The van der Waals surface area contributed by atoms with Crippen LogP contribution in [0.1, 0.15) is 12.8 Å². The lowest BCUT2D eigenvalue weighted by Gasteiger charge is -2.16. The van der Waals surface area contributed by atoms with Crippen molar-refractivity contribution >= 4 is 46.0 Å². The molecule has 0 radical (unpaired) electrons. The first kappa shape index (κ1) is 18.2. The van der Waals surface area contributed by atoms with Gasteiger partial charge in [0.1, 0.15) is 5.82 Å². The molecule has 2 aromatic heterocycles. The summed E-state index contributed by atoms with van der Waals surface area (Å²) in [5.41, 5.74) is 9.43. The van der Waals surface area contributed by atoms with E-state index in [0.29, 0.717) is 38.5 Å². The Morgan fingerprint density at radius 1 is 0.897 bits per heavy atom. The second kappa shape index (κ2) is 7.21. The van der Waals surface area contributed by atoms with Gasteiger partial charge in [-0.05, 0) is 37.1 Å². The van der Waals surface area contributed by atoms with Crippen LogP contribution in [0, 0.1) is 0 Å². The number of nitrogen functional groups attached to an aromatic ring is 1. The highest BCUT2D eigenvalue weighted by Crippen LogP contribution is 2.35. The number of benzene rings is 2. The summed E-state index contributed by atoms with van der Waals surface area (Å²) >= 11 is 12.5. The standard InChI is InChI=1S/C21H18Cl2N6/c22-14-9-7-13(8-10-14)18-17-19(24)29(16-6-2-1-5-15(16)23)27-20(17)26-21(25-18)28-11-3-4-12-28/h1-2,5-10H,3-4,11-12,24H2. The Bertz CT molecular complexity index is 1200. The molecule has 1 fully saturated rings. The van der Waals surface area contributed by atoms with E-state index in [4.69, 9.17) is 38.9 Å². The van der Waals surface area contributed by atoms with E-state index in [0.717, 1.165) is 37.2 Å². The van der Waals surface area contributed by atoms with Crippen LogP contribution in [0.15, 0.2) is 48.5 Å². The molecule has 1 aliphatic heterocycles. The van der Waals surface area contributed by atoms with Crippen molar-refractivity contribution in [2.24, 2.45) is 0 Å². The summed E-state index contributed by atoms with van der Waals surface area (Å²) in [7, 11) is 0. The fourth-order valence-corrected chi connectivity index (χ4v) is 4.02. The molecule has 1 saturated heterocycles. The molecular formula is C21H18Cl2N6. The Balaban J connectivity index is 1.78. The number of anilines is 2. The number of halogens is 2. The first-order valence-electron chi connectivity index (χ1n) is 9.44. The van der Waals surface area contributed by atoms with Crippen LogP contribution in [0.4, 0.5) is 11.8 Å². The molecule has 0 saturated carbocycles. The first-order chi connectivity index (χ1) is 14.1. The van der Waals surface area contributed by atoms with Gasteiger partial charge >= 0.3 is 0 Å². The Kier molecular flexibility index (Phi) is 4.53. The molecule has 6 nitrogen and oxygen atoms in total. The second-order valence-electron chi connectivity index (χ2n) is 7.02. The van der Waals surface area contributed by atoms with E-state index in [1.54, 1.807) is 4.68 Å². The number of hydrogen-bond donors (Lipinski definition) is 1. The van der Waals surface area contributed by atoms with Crippen molar-refractivity contribution in [2.75, 3.05) is 23.7 Å². The lowest BCUT2D eigenvalue weighted by Crippen LogP contribution is -2.20. The van der Waals surface area contributed by atoms with Gasteiger partial charge in [-0.3, -0.25) is 0 Å². The largest absolute Gasteiger partial charge is 0.383 e. The van der Waals surface area contributed by atoms with Crippen molar-refractivity contribution in [3.63, 3.8) is 0 Å². The molecule has 0 aliphatic carbocycles. The molecule has 2 aromatic carbocycles. The summed E-state index contributed by atoms with van der Waals surface area (Å²) in [6, 6.07) is 15.0. The van der Waals surface area contributed by atoms with Gasteiger partial charge in [0.25, 0.3) is 0 Å². The molecule has 8 heteroatoms. The van der Waals surface area contributed by atoms with E-state index >= 15 is 0 Å². The molecular weight excluding hydrogens is 407 g/mol. The van der Waals surface area contributed by atoms with E-state index in [1.165, 1.54) is 0 Å². The van der Waals surface area contributed by atoms with Gasteiger partial charge in [-0.2, -0.15) is 4.98 Å². The molecule has 2 N–H and O–H groups in total. The molecule has 29 heavy (non-hydrogen) atoms. The zero-order chi connectivity index (χ0) is 20.0. The van der Waals surface area contributed by atoms with Crippen LogP contribution in [-0.2, 0) is 0 Å². The maximum atomic E-state index is 6.53. The Labute approximate surface area is 177 Å². The van der Waals surface area contributed by atoms with Crippen molar-refractivity contribution < 1.29 is 0 Å². The van der Waals surface area contributed by atoms with Gasteiger partial charge in [0.05, 0.1) is 21.8 Å². The summed E-state index contributed by atoms with van der Waals surface area (Å²) in [5.74, 6) is 1.12. The van der Waals surface area contributed by atoms with Crippen LogP contribution >= 0.6 is 23.2 Å². The summed E-state index contributed by atoms with van der Waals surface area (Å²) in [6.45, 7) is 1.87. The van der Waals surface area contributed by atoms with Gasteiger partial charge in [0, 0.05) is 23.7 Å². The van der Waals surface area contributed by atoms with Crippen molar-refractivity contribution in [2.45, 2.75) is 12.8 Å². The van der Waals surface area contributed by atoms with E-state index in [1.807, 2.05) is 48.5 Å². The summed E-state index contributed by atoms with van der Waals surface area (Å²) < 4.78 is 1.63. The zero-order valence-electron chi connectivity index (χ0n) is 15.5. The number of nitrogens with two attached hydrogens (primary N) is 1. The first-order valence-corrected chi connectivity index (χ1v) is 10.2. The number of nitrogens with zero attached hydrogens (tertiary/aromatic N) is 5. The van der Waals surface area contributed by atoms with E-state index in [2.05, 4.69) is 10.00 Å². The smallest absolute Gasteiger partial charge is 0.228 e. The molecule has 3 heterocycles. The molecule has 1 aliphatic rings. The van der Waals surface area contributed by atoms with Crippen LogP contribution < -0.4 is 10.6 Å². The SMILES string of the molecule is Nc1c2c(-c3ccc(Cl)cc3)nc(N3CCCC3)nc2nn1-c1ccccc1Cl.